The molecule has 3 rings (SSSR count). The van der Waals surface area contributed by atoms with Gasteiger partial charge in [-0.25, -0.2) is 4.79 Å². The molecular formula is C18H23N5O5. The first-order valence-electron chi connectivity index (χ1n) is 9.32. The van der Waals surface area contributed by atoms with Gasteiger partial charge in [-0.15, -0.1) is 0 Å². The number of carbonyl (C=O) groups excluding carboxylic acids is 3. The van der Waals surface area contributed by atoms with Crippen molar-refractivity contribution in [2.24, 2.45) is 0 Å². The van der Waals surface area contributed by atoms with Gasteiger partial charge in [0, 0.05) is 51.4 Å². The van der Waals surface area contributed by atoms with Crippen molar-refractivity contribution in [3.8, 4) is 0 Å². The summed E-state index contributed by atoms with van der Waals surface area (Å²) >= 11 is 0. The molecule has 0 aliphatic carbocycles. The zero-order chi connectivity index (χ0) is 20.3. The minimum Gasteiger partial charge on any atom is -0.338 e. The molecule has 0 radical (unpaired) electrons. The number of non-ortho nitro benzene ring substituents is 1. The highest BCUT2D eigenvalue weighted by Crippen LogP contribution is 2.26. The topological polar surface area (TPSA) is 116 Å². The first kappa shape index (κ1) is 19.7. The van der Waals surface area contributed by atoms with Crippen LogP contribution in [0.4, 0.5) is 10.5 Å². The highest BCUT2D eigenvalue weighted by Gasteiger charge is 2.36. The number of hydrogen-bond acceptors (Lipinski definition) is 6. The molecule has 2 heterocycles. The second kappa shape index (κ2) is 8.34. The fourth-order valence-electron chi connectivity index (χ4n) is 3.41. The number of rotatable bonds is 6. The molecule has 0 spiro atoms. The van der Waals surface area contributed by atoms with Gasteiger partial charge in [-0.2, -0.15) is 0 Å². The van der Waals surface area contributed by atoms with Crippen LogP contribution in [0.5, 0.6) is 0 Å². The SMILES string of the molecule is CCN1CCN(C(=O)NCCCN2C(=O)c3ccc([N+](=O)[O-])cc3C2=O)CC1. The summed E-state index contributed by atoms with van der Waals surface area (Å²) < 4.78 is 0. The number of hydrogen-bond donors (Lipinski definition) is 1. The summed E-state index contributed by atoms with van der Waals surface area (Å²) in [6, 6.07) is 3.51. The Morgan fingerprint density at radius 2 is 1.82 bits per heavy atom. The van der Waals surface area contributed by atoms with Crippen LogP contribution >= 0.6 is 0 Å². The minimum absolute atomic E-state index is 0.0528. The zero-order valence-corrected chi connectivity index (χ0v) is 15.7. The zero-order valence-electron chi connectivity index (χ0n) is 15.7. The average Bonchev–Trinajstić information content (AvgIpc) is 2.95. The van der Waals surface area contributed by atoms with Crippen LogP contribution in [0, 0.1) is 10.1 Å². The summed E-state index contributed by atoms with van der Waals surface area (Å²) in [6.07, 6.45) is 0.411. The Bertz CT molecular complexity index is 804. The van der Waals surface area contributed by atoms with Crippen LogP contribution in [0.15, 0.2) is 18.2 Å². The van der Waals surface area contributed by atoms with Crippen LogP contribution in [0.2, 0.25) is 0 Å². The lowest BCUT2D eigenvalue weighted by Crippen LogP contribution is -2.51. The van der Waals surface area contributed by atoms with Crippen molar-refractivity contribution in [3.63, 3.8) is 0 Å². The molecule has 1 aromatic rings. The lowest BCUT2D eigenvalue weighted by Gasteiger charge is -2.34. The van der Waals surface area contributed by atoms with E-state index in [0.717, 1.165) is 30.6 Å². The predicted octanol–water partition coefficient (Wildman–Crippen LogP) is 0.928. The molecular weight excluding hydrogens is 366 g/mol. The summed E-state index contributed by atoms with van der Waals surface area (Å²) in [5, 5.41) is 13.7. The molecule has 0 saturated carbocycles. The van der Waals surface area contributed by atoms with Crippen LogP contribution in [0.25, 0.3) is 0 Å². The number of fused-ring (bicyclic) bond motifs is 1. The monoisotopic (exact) mass is 389 g/mol. The Morgan fingerprint density at radius 3 is 2.46 bits per heavy atom. The van der Waals surface area contributed by atoms with Crippen molar-refractivity contribution in [1.29, 1.82) is 0 Å². The van der Waals surface area contributed by atoms with Crippen LogP contribution < -0.4 is 5.32 Å². The normalized spacial score (nSPS) is 17.0. The van der Waals surface area contributed by atoms with E-state index >= 15 is 0 Å². The van der Waals surface area contributed by atoms with Crippen molar-refractivity contribution < 1.29 is 19.3 Å². The Labute approximate surface area is 162 Å². The number of urea groups is 1. The minimum atomic E-state index is -0.601. The maximum Gasteiger partial charge on any atom is 0.317 e. The lowest BCUT2D eigenvalue weighted by molar-refractivity contribution is -0.384. The van der Waals surface area contributed by atoms with E-state index in [0.29, 0.717) is 26.1 Å². The molecule has 0 unspecified atom stereocenters. The third kappa shape index (κ3) is 3.96. The van der Waals surface area contributed by atoms with Gasteiger partial charge in [-0.3, -0.25) is 24.6 Å². The van der Waals surface area contributed by atoms with Gasteiger partial charge >= 0.3 is 6.03 Å². The molecule has 2 aliphatic rings. The Kier molecular flexibility index (Phi) is 5.88. The molecule has 4 amide bonds. The van der Waals surface area contributed by atoms with E-state index in [-0.39, 0.29) is 29.4 Å². The fourth-order valence-corrected chi connectivity index (χ4v) is 3.41. The smallest absolute Gasteiger partial charge is 0.317 e. The van der Waals surface area contributed by atoms with E-state index in [4.69, 9.17) is 0 Å². The predicted molar refractivity (Wildman–Crippen MR) is 100 cm³/mol. The third-order valence-corrected chi connectivity index (χ3v) is 5.11. The molecule has 10 nitrogen and oxygen atoms in total. The number of amides is 4. The maximum atomic E-state index is 12.4. The number of nitrogens with zero attached hydrogens (tertiary/aromatic N) is 4. The van der Waals surface area contributed by atoms with Crippen LogP contribution in [-0.4, -0.2) is 83.3 Å². The van der Waals surface area contributed by atoms with Crippen LogP contribution in [0.3, 0.4) is 0 Å². The number of nitro groups is 1. The molecule has 1 saturated heterocycles. The Hall–Kier alpha value is -3.01. The number of imide groups is 1. The third-order valence-electron chi connectivity index (χ3n) is 5.11. The highest BCUT2D eigenvalue weighted by atomic mass is 16.6. The second-order valence-corrected chi connectivity index (χ2v) is 6.76. The van der Waals surface area contributed by atoms with Gasteiger partial charge in [0.05, 0.1) is 16.1 Å². The molecule has 0 aromatic heterocycles. The number of nitro benzene ring substituents is 1. The second-order valence-electron chi connectivity index (χ2n) is 6.76. The van der Waals surface area contributed by atoms with Gasteiger partial charge in [0.2, 0.25) is 0 Å². The van der Waals surface area contributed by atoms with Gasteiger partial charge < -0.3 is 15.1 Å². The first-order chi connectivity index (χ1) is 13.4. The summed E-state index contributed by atoms with van der Waals surface area (Å²) in [4.78, 5) is 52.3. The van der Waals surface area contributed by atoms with Crippen LogP contribution in [-0.2, 0) is 0 Å². The molecule has 0 bridgehead atoms. The number of nitrogens with one attached hydrogen (secondary N) is 1. The largest absolute Gasteiger partial charge is 0.338 e. The standard InChI is InChI=1S/C18H23N5O5/c1-2-20-8-10-21(11-9-20)18(26)19-6-3-7-22-16(24)14-5-4-13(23(27)28)12-15(14)17(22)25/h4-5,12H,2-3,6-11H2,1H3,(H,19,26). The molecule has 1 fully saturated rings. The summed E-state index contributed by atoms with van der Waals surface area (Å²) in [7, 11) is 0. The molecule has 0 atom stereocenters. The first-order valence-corrected chi connectivity index (χ1v) is 9.32. The van der Waals surface area contributed by atoms with Gasteiger partial charge in [-0.05, 0) is 19.0 Å². The number of likely N-dealkylation sites (N-methyl/N-ethyl adjacent to an activating group) is 1. The number of carbonyl (C=O) groups is 3. The van der Waals surface area contributed by atoms with Gasteiger partial charge in [0.1, 0.15) is 0 Å². The Morgan fingerprint density at radius 1 is 1.14 bits per heavy atom. The molecule has 150 valence electrons. The fraction of sp³-hybridized carbons (Fsp3) is 0.500. The van der Waals surface area contributed by atoms with Crippen molar-refractivity contribution >= 4 is 23.5 Å². The summed E-state index contributed by atoms with van der Waals surface area (Å²) in [6.45, 7) is 6.60. The van der Waals surface area contributed by atoms with Crippen molar-refractivity contribution in [2.45, 2.75) is 13.3 Å². The molecule has 1 aromatic carbocycles. The van der Waals surface area contributed by atoms with Gasteiger partial charge in [-0.1, -0.05) is 6.92 Å². The lowest BCUT2D eigenvalue weighted by atomic mass is 10.1. The molecule has 28 heavy (non-hydrogen) atoms. The maximum absolute atomic E-state index is 12.4. The van der Waals surface area contributed by atoms with E-state index < -0.39 is 16.7 Å². The van der Waals surface area contributed by atoms with E-state index in [9.17, 15) is 24.5 Å². The van der Waals surface area contributed by atoms with E-state index in [2.05, 4.69) is 17.1 Å². The quantitative estimate of drug-likeness (QED) is 0.335. The summed E-state index contributed by atoms with van der Waals surface area (Å²) in [5.74, 6) is -0.998. The number of benzene rings is 1. The van der Waals surface area contributed by atoms with Crippen LogP contribution in [0.1, 0.15) is 34.1 Å². The number of piperazine rings is 1. The van der Waals surface area contributed by atoms with E-state index in [1.54, 1.807) is 4.90 Å². The van der Waals surface area contributed by atoms with E-state index in [1.807, 2.05) is 0 Å². The molecule has 1 N–H and O–H groups in total. The van der Waals surface area contributed by atoms with Gasteiger partial charge in [0.25, 0.3) is 17.5 Å². The van der Waals surface area contributed by atoms with Crippen molar-refractivity contribution in [1.82, 2.24) is 20.0 Å². The van der Waals surface area contributed by atoms with E-state index in [1.165, 1.54) is 12.1 Å². The van der Waals surface area contributed by atoms with Gasteiger partial charge in [0.15, 0.2) is 0 Å². The summed E-state index contributed by atoms with van der Waals surface area (Å²) in [5.41, 5.74) is 0.00245. The molecule has 10 heteroatoms. The van der Waals surface area contributed by atoms with Crippen molar-refractivity contribution in [2.75, 3.05) is 45.8 Å². The average molecular weight is 389 g/mol. The highest BCUT2D eigenvalue weighted by molar-refractivity contribution is 6.21. The molecule has 2 aliphatic heterocycles. The Balaban J connectivity index is 1.48. The van der Waals surface area contributed by atoms with Crippen molar-refractivity contribution in [3.05, 3.63) is 39.4 Å².